The molecular formula is C18H32N2O. The van der Waals surface area contributed by atoms with Gasteiger partial charge in [0.1, 0.15) is 5.75 Å². The first kappa shape index (κ1) is 17.8. The van der Waals surface area contributed by atoms with Crippen LogP contribution in [0.3, 0.4) is 0 Å². The van der Waals surface area contributed by atoms with Crippen LogP contribution in [0.2, 0.25) is 0 Å². The summed E-state index contributed by atoms with van der Waals surface area (Å²) < 4.78 is 5.85. The van der Waals surface area contributed by atoms with Gasteiger partial charge in [-0.25, -0.2) is 0 Å². The Labute approximate surface area is 130 Å². The Balaban J connectivity index is 2.42. The van der Waals surface area contributed by atoms with E-state index in [0.29, 0.717) is 0 Å². The lowest BCUT2D eigenvalue weighted by Gasteiger charge is -2.21. The highest BCUT2D eigenvalue weighted by molar-refractivity contribution is 5.56. The number of unbranched alkanes of at least 4 members (excludes halogenated alkanes) is 1. The van der Waals surface area contributed by atoms with Gasteiger partial charge >= 0.3 is 0 Å². The van der Waals surface area contributed by atoms with Gasteiger partial charge in [-0.15, -0.1) is 0 Å². The minimum Gasteiger partial charge on any atom is -0.491 e. The van der Waals surface area contributed by atoms with E-state index in [1.807, 2.05) is 12.1 Å². The molecular weight excluding hydrogens is 260 g/mol. The van der Waals surface area contributed by atoms with Crippen LogP contribution in [0, 0.1) is 0 Å². The first-order valence-corrected chi connectivity index (χ1v) is 8.49. The van der Waals surface area contributed by atoms with Crippen molar-refractivity contribution in [3.05, 3.63) is 24.3 Å². The molecule has 0 aliphatic rings. The number of anilines is 1. The lowest BCUT2D eigenvalue weighted by molar-refractivity contribution is 0.284. The second-order valence-electron chi connectivity index (χ2n) is 5.47. The molecule has 0 radical (unpaired) electrons. The van der Waals surface area contributed by atoms with Crippen molar-refractivity contribution in [3.63, 3.8) is 0 Å². The van der Waals surface area contributed by atoms with Crippen LogP contribution >= 0.6 is 0 Å². The molecule has 1 aromatic carbocycles. The maximum absolute atomic E-state index is 5.85. The molecule has 0 aliphatic heterocycles. The number of nitrogens with zero attached hydrogens (tertiary/aromatic N) is 1. The molecule has 1 aromatic rings. The monoisotopic (exact) mass is 292 g/mol. The molecule has 1 rings (SSSR count). The molecule has 0 atom stereocenters. The van der Waals surface area contributed by atoms with E-state index in [9.17, 15) is 0 Å². The fourth-order valence-electron chi connectivity index (χ4n) is 2.38. The minimum absolute atomic E-state index is 0.799. The molecule has 21 heavy (non-hydrogen) atoms. The first-order valence-electron chi connectivity index (χ1n) is 8.49. The summed E-state index contributed by atoms with van der Waals surface area (Å²) in [7, 11) is 0. The van der Waals surface area contributed by atoms with Crippen LogP contribution in [0.25, 0.3) is 0 Å². The molecule has 3 nitrogen and oxygen atoms in total. The van der Waals surface area contributed by atoms with Crippen LogP contribution in [0.4, 0.5) is 5.69 Å². The van der Waals surface area contributed by atoms with Crippen LogP contribution < -0.4 is 10.1 Å². The van der Waals surface area contributed by atoms with Crippen molar-refractivity contribution in [2.45, 2.75) is 46.5 Å². The number of benzene rings is 1. The highest BCUT2D eigenvalue weighted by Gasteiger charge is 2.05. The fraction of sp³-hybridized carbons (Fsp3) is 0.667. The molecule has 3 heteroatoms. The summed E-state index contributed by atoms with van der Waals surface area (Å²) in [5, 5.41) is 3.52. The van der Waals surface area contributed by atoms with E-state index in [-0.39, 0.29) is 0 Å². The van der Waals surface area contributed by atoms with Gasteiger partial charge in [0.05, 0.1) is 12.3 Å². The Hall–Kier alpha value is -1.22. The van der Waals surface area contributed by atoms with Crippen LogP contribution in [-0.4, -0.2) is 37.7 Å². The fourth-order valence-corrected chi connectivity index (χ4v) is 2.38. The van der Waals surface area contributed by atoms with Gasteiger partial charge in [0.15, 0.2) is 0 Å². The third-order valence-electron chi connectivity index (χ3n) is 3.47. The largest absolute Gasteiger partial charge is 0.491 e. The number of rotatable bonds is 12. The summed E-state index contributed by atoms with van der Waals surface area (Å²) in [4.78, 5) is 2.52. The van der Waals surface area contributed by atoms with E-state index < -0.39 is 0 Å². The number of nitrogens with one attached hydrogen (secondary N) is 1. The number of para-hydroxylation sites is 2. The molecule has 0 aromatic heterocycles. The second-order valence-corrected chi connectivity index (χ2v) is 5.47. The highest BCUT2D eigenvalue weighted by Crippen LogP contribution is 2.23. The van der Waals surface area contributed by atoms with Crippen LogP contribution in [0.15, 0.2) is 24.3 Å². The summed E-state index contributed by atoms with van der Waals surface area (Å²) in [6.07, 6.45) is 4.71. The second kappa shape index (κ2) is 11.4. The molecule has 0 saturated heterocycles. The van der Waals surface area contributed by atoms with Crippen molar-refractivity contribution in [2.24, 2.45) is 0 Å². The highest BCUT2D eigenvalue weighted by atomic mass is 16.5. The van der Waals surface area contributed by atoms with E-state index in [4.69, 9.17) is 4.74 Å². The van der Waals surface area contributed by atoms with Gasteiger partial charge < -0.3 is 15.0 Å². The average Bonchev–Trinajstić information content (AvgIpc) is 2.49. The van der Waals surface area contributed by atoms with Crippen LogP contribution in [0.1, 0.15) is 46.5 Å². The Morgan fingerprint density at radius 2 is 1.67 bits per heavy atom. The maximum Gasteiger partial charge on any atom is 0.142 e. The molecule has 1 N–H and O–H groups in total. The van der Waals surface area contributed by atoms with Gasteiger partial charge in [0.2, 0.25) is 0 Å². The standard InChI is InChI=1S/C18H32N2O/c1-4-7-16-21-18-11-9-8-10-17(18)19-12-15-20(13-5-2)14-6-3/h8-11,19H,4-7,12-16H2,1-3H3. The lowest BCUT2D eigenvalue weighted by Crippen LogP contribution is -2.30. The van der Waals surface area contributed by atoms with Gasteiger partial charge in [-0.05, 0) is 44.5 Å². The minimum atomic E-state index is 0.799. The summed E-state index contributed by atoms with van der Waals surface area (Å²) in [6.45, 7) is 11.9. The first-order chi connectivity index (χ1) is 10.3. The molecule has 0 unspecified atom stereocenters. The van der Waals surface area contributed by atoms with Gasteiger partial charge in [-0.3, -0.25) is 0 Å². The topological polar surface area (TPSA) is 24.5 Å². The predicted molar refractivity (Wildman–Crippen MR) is 92.4 cm³/mol. The number of hydrogen-bond acceptors (Lipinski definition) is 3. The van der Waals surface area contributed by atoms with Crippen molar-refractivity contribution >= 4 is 5.69 Å². The molecule has 0 spiro atoms. The van der Waals surface area contributed by atoms with E-state index in [1.54, 1.807) is 0 Å². The van der Waals surface area contributed by atoms with Gasteiger partial charge in [-0.2, -0.15) is 0 Å². The Morgan fingerprint density at radius 3 is 2.33 bits per heavy atom. The van der Waals surface area contributed by atoms with E-state index in [1.165, 1.54) is 32.4 Å². The molecule has 0 bridgehead atoms. The SMILES string of the molecule is CCCCOc1ccccc1NCCN(CCC)CCC. The van der Waals surface area contributed by atoms with Crippen molar-refractivity contribution in [1.82, 2.24) is 4.90 Å². The smallest absolute Gasteiger partial charge is 0.142 e. The third-order valence-corrected chi connectivity index (χ3v) is 3.47. The molecule has 0 amide bonds. The van der Waals surface area contributed by atoms with E-state index in [2.05, 4.69) is 43.1 Å². The quantitative estimate of drug-likeness (QED) is 0.578. The normalized spacial score (nSPS) is 10.9. The third kappa shape index (κ3) is 7.37. The molecule has 0 heterocycles. The van der Waals surface area contributed by atoms with E-state index in [0.717, 1.165) is 37.6 Å². The van der Waals surface area contributed by atoms with Gasteiger partial charge in [0, 0.05) is 13.1 Å². The molecule has 0 aliphatic carbocycles. The zero-order valence-corrected chi connectivity index (χ0v) is 14.0. The molecule has 0 saturated carbocycles. The van der Waals surface area contributed by atoms with Crippen molar-refractivity contribution < 1.29 is 4.74 Å². The maximum atomic E-state index is 5.85. The zero-order valence-electron chi connectivity index (χ0n) is 14.0. The summed E-state index contributed by atoms with van der Waals surface area (Å²) in [6, 6.07) is 8.25. The predicted octanol–water partition coefficient (Wildman–Crippen LogP) is 4.40. The number of ether oxygens (including phenoxy) is 1. The summed E-state index contributed by atoms with van der Waals surface area (Å²) in [5.74, 6) is 0.975. The van der Waals surface area contributed by atoms with Crippen LogP contribution in [-0.2, 0) is 0 Å². The van der Waals surface area contributed by atoms with Gasteiger partial charge in [-0.1, -0.05) is 39.3 Å². The molecule has 120 valence electrons. The van der Waals surface area contributed by atoms with Crippen molar-refractivity contribution in [3.8, 4) is 5.75 Å². The van der Waals surface area contributed by atoms with Crippen molar-refractivity contribution in [2.75, 3.05) is 38.1 Å². The lowest BCUT2D eigenvalue weighted by atomic mass is 10.3. The average molecular weight is 292 g/mol. The summed E-state index contributed by atoms with van der Waals surface area (Å²) >= 11 is 0. The zero-order chi connectivity index (χ0) is 15.3. The Kier molecular flexibility index (Phi) is 9.71. The Morgan fingerprint density at radius 1 is 0.952 bits per heavy atom. The Bertz CT molecular complexity index is 362. The number of hydrogen-bond donors (Lipinski definition) is 1. The summed E-state index contributed by atoms with van der Waals surface area (Å²) in [5.41, 5.74) is 1.11. The van der Waals surface area contributed by atoms with E-state index >= 15 is 0 Å². The van der Waals surface area contributed by atoms with Crippen molar-refractivity contribution in [1.29, 1.82) is 0 Å². The van der Waals surface area contributed by atoms with Crippen LogP contribution in [0.5, 0.6) is 5.75 Å². The van der Waals surface area contributed by atoms with Gasteiger partial charge in [0.25, 0.3) is 0 Å². The molecule has 0 fully saturated rings.